The summed E-state index contributed by atoms with van der Waals surface area (Å²) in [5, 5.41) is 3.38. The molecule has 1 fully saturated rings. The fraction of sp³-hybridized carbons (Fsp3) is 0.381. The number of thioether (sulfide) groups is 1. The van der Waals surface area contributed by atoms with Crippen molar-refractivity contribution >= 4 is 17.5 Å². The second kappa shape index (κ2) is 9.28. The van der Waals surface area contributed by atoms with Gasteiger partial charge >= 0.3 is 0 Å². The van der Waals surface area contributed by atoms with E-state index in [0.29, 0.717) is 40.1 Å². The molecule has 0 amide bonds. The Labute approximate surface area is 174 Å². The van der Waals surface area contributed by atoms with Gasteiger partial charge < -0.3 is 23.7 Å². The lowest BCUT2D eigenvalue weighted by atomic mass is 10.0. The van der Waals surface area contributed by atoms with E-state index >= 15 is 0 Å². The molecule has 0 aromatic heterocycles. The van der Waals surface area contributed by atoms with Gasteiger partial charge in [-0.3, -0.25) is 10.1 Å². The Morgan fingerprint density at radius 3 is 2.03 bits per heavy atom. The van der Waals surface area contributed by atoms with Crippen molar-refractivity contribution < 1.29 is 28.5 Å². The molecule has 3 rings (SSSR count). The number of carbonyl (C=O) groups excluding carboxylic acids is 1. The Morgan fingerprint density at radius 1 is 0.862 bits per heavy atom. The third-order valence-electron chi connectivity index (χ3n) is 4.76. The normalized spacial score (nSPS) is 18.2. The van der Waals surface area contributed by atoms with Gasteiger partial charge in [-0.2, -0.15) is 0 Å². The summed E-state index contributed by atoms with van der Waals surface area (Å²) in [6.45, 7) is 0. The molecule has 1 saturated heterocycles. The summed E-state index contributed by atoms with van der Waals surface area (Å²) in [4.78, 5) is 13.1. The van der Waals surface area contributed by atoms with Gasteiger partial charge in [-0.1, -0.05) is 6.07 Å². The summed E-state index contributed by atoms with van der Waals surface area (Å²) < 4.78 is 26.7. The SMILES string of the molecule is COc1ccc(C2NC(C(=O)c3cc(OC)c(OC)c(OC)c3)CS2)cc1OC. The minimum absolute atomic E-state index is 0.0224. The summed E-state index contributed by atoms with van der Waals surface area (Å²) in [6.07, 6.45) is 0. The molecule has 1 aliphatic heterocycles. The van der Waals surface area contributed by atoms with Crippen molar-refractivity contribution in [3.8, 4) is 28.7 Å². The summed E-state index contributed by atoms with van der Waals surface area (Å²) in [7, 11) is 7.80. The zero-order valence-electron chi connectivity index (χ0n) is 17.1. The molecule has 2 aromatic rings. The Morgan fingerprint density at radius 2 is 1.48 bits per heavy atom. The van der Waals surface area contributed by atoms with Crippen molar-refractivity contribution in [2.75, 3.05) is 41.3 Å². The first-order chi connectivity index (χ1) is 14.1. The molecule has 0 bridgehead atoms. The van der Waals surface area contributed by atoms with Crippen LogP contribution in [0.1, 0.15) is 21.3 Å². The molecule has 2 atom stereocenters. The fourth-order valence-corrected chi connectivity index (χ4v) is 4.49. The first-order valence-electron chi connectivity index (χ1n) is 9.00. The zero-order chi connectivity index (χ0) is 21.0. The maximum atomic E-state index is 13.1. The van der Waals surface area contributed by atoms with Crippen LogP contribution in [0.5, 0.6) is 28.7 Å². The van der Waals surface area contributed by atoms with Crippen molar-refractivity contribution in [3.05, 3.63) is 41.5 Å². The molecule has 1 N–H and O–H groups in total. The molecule has 7 nitrogen and oxygen atoms in total. The van der Waals surface area contributed by atoms with E-state index in [1.165, 1.54) is 21.3 Å². The minimum atomic E-state index is -0.332. The molecule has 8 heteroatoms. The molecule has 0 aliphatic carbocycles. The van der Waals surface area contributed by atoms with E-state index in [9.17, 15) is 4.79 Å². The molecule has 2 aromatic carbocycles. The number of Topliss-reactive ketones (excluding diaryl/α,β-unsaturated/α-hetero) is 1. The first kappa shape index (κ1) is 21.1. The molecule has 29 heavy (non-hydrogen) atoms. The van der Waals surface area contributed by atoms with Crippen LogP contribution in [0, 0.1) is 0 Å². The van der Waals surface area contributed by atoms with Crippen LogP contribution in [-0.2, 0) is 0 Å². The predicted octanol–water partition coefficient (Wildman–Crippen LogP) is 3.32. The zero-order valence-corrected chi connectivity index (χ0v) is 17.9. The van der Waals surface area contributed by atoms with Crippen LogP contribution in [0.2, 0.25) is 0 Å². The monoisotopic (exact) mass is 419 g/mol. The van der Waals surface area contributed by atoms with Crippen molar-refractivity contribution in [2.45, 2.75) is 11.4 Å². The van der Waals surface area contributed by atoms with Crippen molar-refractivity contribution in [1.29, 1.82) is 0 Å². The van der Waals surface area contributed by atoms with Gasteiger partial charge in [-0.15, -0.1) is 11.8 Å². The first-order valence-corrected chi connectivity index (χ1v) is 10.0. The lowest BCUT2D eigenvalue weighted by molar-refractivity contribution is 0.0955. The highest BCUT2D eigenvalue weighted by Gasteiger charge is 2.32. The number of ketones is 1. The van der Waals surface area contributed by atoms with Crippen molar-refractivity contribution in [3.63, 3.8) is 0 Å². The molecule has 0 radical (unpaired) electrons. The molecule has 0 saturated carbocycles. The lowest BCUT2D eigenvalue weighted by Crippen LogP contribution is -2.34. The lowest BCUT2D eigenvalue weighted by Gasteiger charge is -2.17. The van der Waals surface area contributed by atoms with E-state index in [2.05, 4.69) is 5.32 Å². The van der Waals surface area contributed by atoms with E-state index in [1.54, 1.807) is 38.1 Å². The van der Waals surface area contributed by atoms with Crippen LogP contribution in [0.15, 0.2) is 30.3 Å². The van der Waals surface area contributed by atoms with Gasteiger partial charge in [0.25, 0.3) is 0 Å². The smallest absolute Gasteiger partial charge is 0.203 e. The van der Waals surface area contributed by atoms with Gasteiger partial charge in [0.15, 0.2) is 28.8 Å². The number of rotatable bonds is 8. The van der Waals surface area contributed by atoms with E-state index in [-0.39, 0.29) is 17.2 Å². The summed E-state index contributed by atoms with van der Waals surface area (Å²) in [5.74, 6) is 3.32. The predicted molar refractivity (Wildman–Crippen MR) is 112 cm³/mol. The standard InChI is InChI=1S/C21H25NO6S/c1-24-15-7-6-12(8-16(15)25-2)21-22-14(11-29-21)19(23)13-9-17(26-3)20(28-5)18(10-13)27-4/h6-10,14,21-22H,11H2,1-5H3. The highest BCUT2D eigenvalue weighted by molar-refractivity contribution is 7.99. The highest BCUT2D eigenvalue weighted by Crippen LogP contribution is 2.40. The summed E-state index contributed by atoms with van der Waals surface area (Å²) in [6, 6.07) is 8.79. The molecule has 0 spiro atoms. The van der Waals surface area contributed by atoms with Crippen molar-refractivity contribution in [2.24, 2.45) is 0 Å². The third-order valence-corrected chi connectivity index (χ3v) is 6.03. The number of carbonyl (C=O) groups is 1. The molecule has 1 heterocycles. The fourth-order valence-electron chi connectivity index (χ4n) is 3.26. The Kier molecular flexibility index (Phi) is 6.76. The van der Waals surface area contributed by atoms with Crippen LogP contribution in [0.4, 0.5) is 0 Å². The largest absolute Gasteiger partial charge is 0.493 e. The number of hydrogen-bond donors (Lipinski definition) is 1. The van der Waals surface area contributed by atoms with E-state index in [0.717, 1.165) is 5.56 Å². The second-order valence-corrected chi connectivity index (χ2v) is 7.46. The molecule has 156 valence electrons. The van der Waals surface area contributed by atoms with Crippen LogP contribution >= 0.6 is 11.8 Å². The van der Waals surface area contributed by atoms with E-state index in [4.69, 9.17) is 23.7 Å². The topological polar surface area (TPSA) is 75.3 Å². The molecule has 1 aliphatic rings. The Hall–Kier alpha value is -2.58. The number of ether oxygens (including phenoxy) is 5. The van der Waals surface area contributed by atoms with Gasteiger partial charge in [-0.05, 0) is 29.8 Å². The molecular weight excluding hydrogens is 394 g/mol. The van der Waals surface area contributed by atoms with E-state index in [1.807, 2.05) is 18.2 Å². The minimum Gasteiger partial charge on any atom is -0.493 e. The third kappa shape index (κ3) is 4.23. The number of nitrogens with one attached hydrogen (secondary N) is 1. The van der Waals surface area contributed by atoms with Gasteiger partial charge in [0.2, 0.25) is 5.75 Å². The molecule has 2 unspecified atom stereocenters. The van der Waals surface area contributed by atoms with Crippen LogP contribution in [0.3, 0.4) is 0 Å². The maximum Gasteiger partial charge on any atom is 0.203 e. The summed E-state index contributed by atoms with van der Waals surface area (Å²) in [5.41, 5.74) is 1.53. The quantitative estimate of drug-likeness (QED) is 0.653. The van der Waals surface area contributed by atoms with Gasteiger partial charge in [-0.25, -0.2) is 0 Å². The average molecular weight is 419 g/mol. The van der Waals surface area contributed by atoms with E-state index < -0.39 is 0 Å². The van der Waals surface area contributed by atoms with Crippen molar-refractivity contribution in [1.82, 2.24) is 5.32 Å². The Balaban J connectivity index is 1.81. The number of hydrogen-bond acceptors (Lipinski definition) is 8. The highest BCUT2D eigenvalue weighted by atomic mass is 32.2. The van der Waals surface area contributed by atoms with Crippen LogP contribution < -0.4 is 29.0 Å². The Bertz CT molecular complexity index is 862. The van der Waals surface area contributed by atoms with Gasteiger partial charge in [0.1, 0.15) is 0 Å². The summed E-state index contributed by atoms with van der Waals surface area (Å²) >= 11 is 1.67. The van der Waals surface area contributed by atoms with Gasteiger partial charge in [0, 0.05) is 11.3 Å². The number of methoxy groups -OCH3 is 5. The second-order valence-electron chi connectivity index (χ2n) is 6.33. The average Bonchev–Trinajstić information content (AvgIpc) is 3.27. The number of benzene rings is 2. The maximum absolute atomic E-state index is 13.1. The molecular formula is C21H25NO6S. The van der Waals surface area contributed by atoms with Gasteiger partial charge in [0.05, 0.1) is 47.0 Å². The van der Waals surface area contributed by atoms with Crippen LogP contribution in [0.25, 0.3) is 0 Å². The van der Waals surface area contributed by atoms with Crippen LogP contribution in [-0.4, -0.2) is 53.1 Å².